The molecule has 80 valence electrons. The molecule has 0 saturated carbocycles. The summed E-state index contributed by atoms with van der Waals surface area (Å²) < 4.78 is 0. The first-order chi connectivity index (χ1) is 7.13. The molecule has 1 aliphatic rings. The van der Waals surface area contributed by atoms with Gasteiger partial charge in [-0.25, -0.2) is 0 Å². The molecule has 0 aromatic carbocycles. The number of allylic oxidation sites excluding steroid dienone is 5. The molecule has 0 aliphatic heterocycles. The van der Waals surface area contributed by atoms with E-state index < -0.39 is 0 Å². The molecule has 15 heavy (non-hydrogen) atoms. The van der Waals surface area contributed by atoms with Gasteiger partial charge in [-0.15, -0.1) is 12.3 Å². The minimum Gasteiger partial charge on any atom is -0.512 e. The average Bonchev–Trinajstić information content (AvgIpc) is 2.20. The molecule has 1 aliphatic carbocycles. The summed E-state index contributed by atoms with van der Waals surface area (Å²) in [4.78, 5) is 0. The van der Waals surface area contributed by atoms with E-state index in [0.717, 1.165) is 18.4 Å². The lowest BCUT2D eigenvalue weighted by atomic mass is 9.92. The van der Waals surface area contributed by atoms with Crippen molar-refractivity contribution < 1.29 is 5.11 Å². The maximum absolute atomic E-state index is 9.62. The Balaban J connectivity index is 2.68. The minimum absolute atomic E-state index is 0.539. The summed E-state index contributed by atoms with van der Waals surface area (Å²) in [6.45, 7) is 4.04. The van der Waals surface area contributed by atoms with Crippen molar-refractivity contribution in [3.8, 4) is 12.3 Å². The molecule has 0 unspecified atom stereocenters. The van der Waals surface area contributed by atoms with E-state index in [9.17, 15) is 5.11 Å². The molecule has 0 saturated heterocycles. The van der Waals surface area contributed by atoms with Crippen LogP contribution in [0, 0.1) is 12.3 Å². The van der Waals surface area contributed by atoms with Crippen molar-refractivity contribution in [2.45, 2.75) is 39.5 Å². The lowest BCUT2D eigenvalue weighted by Crippen LogP contribution is -1.99. The zero-order valence-electron chi connectivity index (χ0n) is 9.51. The predicted octanol–water partition coefficient (Wildman–Crippen LogP) is 3.90. The van der Waals surface area contributed by atoms with E-state index in [0.29, 0.717) is 18.6 Å². The zero-order chi connectivity index (χ0) is 11.3. The number of terminal acetylenes is 1. The molecule has 0 atom stereocenters. The largest absolute Gasteiger partial charge is 0.512 e. The predicted molar refractivity (Wildman–Crippen MR) is 64.5 cm³/mol. The molecule has 1 rings (SSSR count). The minimum atomic E-state index is 0.539. The maximum Gasteiger partial charge on any atom is 0.0952 e. The number of rotatable bonds is 2. The van der Waals surface area contributed by atoms with E-state index in [2.05, 4.69) is 12.0 Å². The molecule has 0 spiro atoms. The molecular formula is C14H18O. The standard InChI is InChI=1S/C14H18O/c1-4-5-6-11(2)9-13-8-7-12(3)14(15)10-13/h1,6,9,15H,5,7-8,10H2,2-3H3/b11-6-,13-9-. The van der Waals surface area contributed by atoms with Crippen molar-refractivity contribution in [1.29, 1.82) is 0 Å². The van der Waals surface area contributed by atoms with Gasteiger partial charge in [0.1, 0.15) is 0 Å². The summed E-state index contributed by atoms with van der Waals surface area (Å²) in [6, 6.07) is 0. The second-order valence-corrected chi connectivity index (χ2v) is 4.06. The molecular weight excluding hydrogens is 184 g/mol. The van der Waals surface area contributed by atoms with E-state index in [1.165, 1.54) is 11.1 Å². The lowest BCUT2D eigenvalue weighted by molar-refractivity contribution is 0.379. The van der Waals surface area contributed by atoms with E-state index in [4.69, 9.17) is 6.42 Å². The first-order valence-electron chi connectivity index (χ1n) is 5.30. The highest BCUT2D eigenvalue weighted by molar-refractivity contribution is 5.29. The zero-order valence-corrected chi connectivity index (χ0v) is 9.51. The third kappa shape index (κ3) is 3.67. The van der Waals surface area contributed by atoms with Gasteiger partial charge >= 0.3 is 0 Å². The third-order valence-corrected chi connectivity index (χ3v) is 2.68. The Morgan fingerprint density at radius 3 is 2.87 bits per heavy atom. The molecule has 0 amide bonds. The van der Waals surface area contributed by atoms with E-state index in [-0.39, 0.29) is 0 Å². The highest BCUT2D eigenvalue weighted by atomic mass is 16.3. The average molecular weight is 202 g/mol. The molecule has 1 heteroatoms. The summed E-state index contributed by atoms with van der Waals surface area (Å²) in [5.74, 6) is 3.13. The smallest absolute Gasteiger partial charge is 0.0952 e. The Morgan fingerprint density at radius 1 is 1.53 bits per heavy atom. The summed E-state index contributed by atoms with van der Waals surface area (Å²) in [5, 5.41) is 9.62. The number of aliphatic hydroxyl groups is 1. The fourth-order valence-electron chi connectivity index (χ4n) is 1.67. The quantitative estimate of drug-likeness (QED) is 0.673. The second kappa shape index (κ2) is 5.46. The van der Waals surface area contributed by atoms with Crippen LogP contribution in [0.15, 0.2) is 34.6 Å². The van der Waals surface area contributed by atoms with Crippen LogP contribution in [0.1, 0.15) is 39.5 Å². The summed E-state index contributed by atoms with van der Waals surface area (Å²) >= 11 is 0. The van der Waals surface area contributed by atoms with Crippen LogP contribution in [-0.2, 0) is 0 Å². The first-order valence-corrected chi connectivity index (χ1v) is 5.30. The topological polar surface area (TPSA) is 20.2 Å². The summed E-state index contributed by atoms with van der Waals surface area (Å²) in [5.41, 5.74) is 3.61. The van der Waals surface area contributed by atoms with Crippen LogP contribution in [0.3, 0.4) is 0 Å². The van der Waals surface area contributed by atoms with Gasteiger partial charge in [0.15, 0.2) is 0 Å². The van der Waals surface area contributed by atoms with Crippen molar-refractivity contribution in [1.82, 2.24) is 0 Å². The molecule has 0 fully saturated rings. The lowest BCUT2D eigenvalue weighted by Gasteiger charge is -2.16. The van der Waals surface area contributed by atoms with Crippen molar-refractivity contribution in [2.24, 2.45) is 0 Å². The molecule has 0 radical (unpaired) electrons. The van der Waals surface area contributed by atoms with Crippen LogP contribution in [-0.4, -0.2) is 5.11 Å². The highest BCUT2D eigenvalue weighted by Crippen LogP contribution is 2.27. The molecule has 0 aromatic rings. The van der Waals surface area contributed by atoms with Gasteiger partial charge < -0.3 is 5.11 Å². The SMILES string of the molecule is C#CC/C=C(C)\C=C1\CCC(C)=C(O)C1. The molecule has 0 heterocycles. The Kier molecular flexibility index (Phi) is 4.24. The van der Waals surface area contributed by atoms with Gasteiger partial charge in [-0.1, -0.05) is 23.3 Å². The third-order valence-electron chi connectivity index (χ3n) is 2.68. The van der Waals surface area contributed by atoms with Crippen molar-refractivity contribution in [3.05, 3.63) is 34.6 Å². The Bertz CT molecular complexity index is 361. The van der Waals surface area contributed by atoms with E-state index in [1.807, 2.05) is 19.9 Å². The monoisotopic (exact) mass is 202 g/mol. The molecule has 1 nitrogen and oxygen atoms in total. The van der Waals surface area contributed by atoms with Crippen LogP contribution >= 0.6 is 0 Å². The normalized spacial score (nSPS) is 20.6. The van der Waals surface area contributed by atoms with Gasteiger partial charge in [-0.05, 0) is 32.3 Å². The van der Waals surface area contributed by atoms with Gasteiger partial charge in [-0.3, -0.25) is 0 Å². The Hall–Kier alpha value is -1.42. The van der Waals surface area contributed by atoms with Crippen molar-refractivity contribution in [2.75, 3.05) is 0 Å². The number of hydrogen-bond donors (Lipinski definition) is 1. The van der Waals surface area contributed by atoms with Crippen LogP contribution in [0.5, 0.6) is 0 Å². The maximum atomic E-state index is 9.62. The Morgan fingerprint density at radius 2 is 2.27 bits per heavy atom. The number of hydrogen-bond acceptors (Lipinski definition) is 1. The van der Waals surface area contributed by atoms with Crippen LogP contribution in [0.4, 0.5) is 0 Å². The van der Waals surface area contributed by atoms with Gasteiger partial charge in [0.25, 0.3) is 0 Å². The van der Waals surface area contributed by atoms with Crippen molar-refractivity contribution in [3.63, 3.8) is 0 Å². The molecule has 0 bridgehead atoms. The molecule has 1 N–H and O–H groups in total. The van der Waals surface area contributed by atoms with Gasteiger partial charge in [0.2, 0.25) is 0 Å². The van der Waals surface area contributed by atoms with E-state index >= 15 is 0 Å². The van der Waals surface area contributed by atoms with Gasteiger partial charge in [-0.2, -0.15) is 0 Å². The second-order valence-electron chi connectivity index (χ2n) is 4.06. The van der Waals surface area contributed by atoms with Gasteiger partial charge in [0.05, 0.1) is 5.76 Å². The fourth-order valence-corrected chi connectivity index (χ4v) is 1.67. The summed E-state index contributed by atoms with van der Waals surface area (Å²) in [6.07, 6.45) is 12.8. The first kappa shape index (κ1) is 11.7. The van der Waals surface area contributed by atoms with Crippen LogP contribution in [0.25, 0.3) is 0 Å². The fraction of sp³-hybridized carbons (Fsp3) is 0.429. The van der Waals surface area contributed by atoms with Crippen LogP contribution < -0.4 is 0 Å². The van der Waals surface area contributed by atoms with E-state index in [1.54, 1.807) is 0 Å². The molecule has 0 aromatic heterocycles. The van der Waals surface area contributed by atoms with Gasteiger partial charge in [0, 0.05) is 12.8 Å². The van der Waals surface area contributed by atoms with Crippen LogP contribution in [0.2, 0.25) is 0 Å². The summed E-state index contributed by atoms with van der Waals surface area (Å²) in [7, 11) is 0. The number of aliphatic hydroxyl groups excluding tert-OH is 1. The van der Waals surface area contributed by atoms with Crippen molar-refractivity contribution >= 4 is 0 Å². The Labute approximate surface area is 92.2 Å². The highest BCUT2D eigenvalue weighted by Gasteiger charge is 2.11.